The first-order valence-corrected chi connectivity index (χ1v) is 13.5. The lowest BCUT2D eigenvalue weighted by Crippen LogP contribution is -2.27. The first kappa shape index (κ1) is 26.5. The largest absolute Gasteiger partial charge is 0.493 e. The summed E-state index contributed by atoms with van der Waals surface area (Å²) >= 11 is 0. The second-order valence-corrected chi connectivity index (χ2v) is 9.89. The number of anilines is 3. The summed E-state index contributed by atoms with van der Waals surface area (Å²) in [4.78, 5) is 16.3. The zero-order valence-electron chi connectivity index (χ0n) is 23.3. The number of ketones is 1. The van der Waals surface area contributed by atoms with Crippen molar-refractivity contribution in [3.05, 3.63) is 83.1 Å². The average molecular weight is 528 g/mol. The lowest BCUT2D eigenvalue weighted by Gasteiger charge is -2.30. The van der Waals surface area contributed by atoms with E-state index in [2.05, 4.69) is 59.7 Å². The lowest BCUT2D eigenvalue weighted by atomic mass is 9.78. The average Bonchev–Trinajstić information content (AvgIpc) is 3.14. The molecule has 1 heterocycles. The first-order chi connectivity index (χ1) is 19.0. The Balaban J connectivity index is 1.56. The van der Waals surface area contributed by atoms with Crippen LogP contribution in [0.3, 0.4) is 0 Å². The fourth-order valence-electron chi connectivity index (χ4n) is 5.78. The fourth-order valence-corrected chi connectivity index (χ4v) is 5.78. The van der Waals surface area contributed by atoms with Crippen LogP contribution in [0.15, 0.2) is 71.9 Å². The predicted molar refractivity (Wildman–Crippen MR) is 157 cm³/mol. The van der Waals surface area contributed by atoms with E-state index in [1.165, 1.54) is 5.69 Å². The molecule has 204 valence electrons. The summed E-state index contributed by atoms with van der Waals surface area (Å²) < 4.78 is 16.7. The Kier molecular flexibility index (Phi) is 7.68. The van der Waals surface area contributed by atoms with E-state index in [0.29, 0.717) is 30.1 Å². The minimum atomic E-state index is -0.254. The molecule has 0 saturated heterocycles. The molecule has 0 aromatic heterocycles. The van der Waals surface area contributed by atoms with Gasteiger partial charge < -0.3 is 29.7 Å². The van der Waals surface area contributed by atoms with Crippen molar-refractivity contribution in [2.24, 2.45) is 0 Å². The number of para-hydroxylation sites is 2. The molecule has 1 aliphatic carbocycles. The van der Waals surface area contributed by atoms with Gasteiger partial charge in [0.05, 0.1) is 38.7 Å². The summed E-state index contributed by atoms with van der Waals surface area (Å²) in [5.41, 5.74) is 6.91. The normalized spacial score (nSPS) is 18.2. The van der Waals surface area contributed by atoms with Gasteiger partial charge in [-0.1, -0.05) is 24.3 Å². The second-order valence-electron chi connectivity index (χ2n) is 9.89. The Labute approximate surface area is 230 Å². The van der Waals surface area contributed by atoms with Crippen molar-refractivity contribution in [3.8, 4) is 17.2 Å². The zero-order chi connectivity index (χ0) is 27.5. The molecule has 2 atom stereocenters. The van der Waals surface area contributed by atoms with Gasteiger partial charge in [0.25, 0.3) is 0 Å². The highest BCUT2D eigenvalue weighted by Gasteiger charge is 2.36. The monoisotopic (exact) mass is 527 g/mol. The highest BCUT2D eigenvalue weighted by atomic mass is 16.5. The molecule has 0 radical (unpaired) electrons. The van der Waals surface area contributed by atoms with Crippen molar-refractivity contribution < 1.29 is 19.0 Å². The number of methoxy groups -OCH3 is 3. The van der Waals surface area contributed by atoms with E-state index in [0.717, 1.165) is 46.9 Å². The summed E-state index contributed by atoms with van der Waals surface area (Å²) in [7, 11) is 4.81. The van der Waals surface area contributed by atoms with Gasteiger partial charge in [0.1, 0.15) is 0 Å². The minimum absolute atomic E-state index is 0.0339. The zero-order valence-corrected chi connectivity index (χ0v) is 23.3. The Bertz CT molecular complexity index is 1350. The van der Waals surface area contributed by atoms with Crippen LogP contribution in [0.25, 0.3) is 0 Å². The number of hydrogen-bond donors (Lipinski definition) is 2. The van der Waals surface area contributed by atoms with E-state index in [-0.39, 0.29) is 17.7 Å². The molecule has 0 amide bonds. The Hall–Kier alpha value is -4.13. The molecule has 5 rings (SSSR count). The molecule has 3 aromatic carbocycles. The molecular weight excluding hydrogens is 490 g/mol. The Morgan fingerprint density at radius 2 is 1.46 bits per heavy atom. The summed E-state index contributed by atoms with van der Waals surface area (Å²) in [5.74, 6) is 1.82. The van der Waals surface area contributed by atoms with E-state index < -0.39 is 0 Å². The molecule has 0 saturated carbocycles. The van der Waals surface area contributed by atoms with Crippen LogP contribution in [-0.4, -0.2) is 40.2 Å². The van der Waals surface area contributed by atoms with Crippen LogP contribution in [-0.2, 0) is 4.79 Å². The summed E-state index contributed by atoms with van der Waals surface area (Å²) in [6, 6.07) is 20.4. The maximum Gasteiger partial charge on any atom is 0.203 e. The van der Waals surface area contributed by atoms with Crippen LogP contribution in [0.4, 0.5) is 17.1 Å². The smallest absolute Gasteiger partial charge is 0.203 e. The van der Waals surface area contributed by atoms with Gasteiger partial charge in [0.15, 0.2) is 17.3 Å². The lowest BCUT2D eigenvalue weighted by molar-refractivity contribution is -0.116. The van der Waals surface area contributed by atoms with Crippen LogP contribution in [0.5, 0.6) is 17.2 Å². The molecule has 7 heteroatoms. The van der Waals surface area contributed by atoms with E-state index in [1.807, 2.05) is 30.3 Å². The van der Waals surface area contributed by atoms with E-state index in [9.17, 15) is 4.79 Å². The van der Waals surface area contributed by atoms with Gasteiger partial charge >= 0.3 is 0 Å². The quantitative estimate of drug-likeness (QED) is 0.345. The van der Waals surface area contributed by atoms with Crippen molar-refractivity contribution >= 4 is 22.8 Å². The molecule has 0 spiro atoms. The number of hydrogen-bond acceptors (Lipinski definition) is 7. The number of carbonyl (C=O) groups is 1. The Morgan fingerprint density at radius 1 is 0.821 bits per heavy atom. The number of rotatable bonds is 8. The van der Waals surface area contributed by atoms with Gasteiger partial charge in [-0.15, -0.1) is 0 Å². The van der Waals surface area contributed by atoms with Crippen LogP contribution in [0, 0.1) is 0 Å². The fraction of sp³-hybridized carbons (Fsp3) is 0.344. The van der Waals surface area contributed by atoms with Crippen molar-refractivity contribution in [1.82, 2.24) is 0 Å². The highest BCUT2D eigenvalue weighted by molar-refractivity contribution is 6.01. The van der Waals surface area contributed by atoms with Crippen molar-refractivity contribution in [3.63, 3.8) is 0 Å². The molecule has 2 N–H and O–H groups in total. The van der Waals surface area contributed by atoms with Crippen molar-refractivity contribution in [2.75, 3.05) is 50.0 Å². The molecule has 0 unspecified atom stereocenters. The summed E-state index contributed by atoms with van der Waals surface area (Å²) in [6.45, 7) is 6.22. The third kappa shape index (κ3) is 5.01. The minimum Gasteiger partial charge on any atom is -0.493 e. The van der Waals surface area contributed by atoms with Crippen LogP contribution in [0.2, 0.25) is 0 Å². The van der Waals surface area contributed by atoms with Crippen LogP contribution >= 0.6 is 0 Å². The Morgan fingerprint density at radius 3 is 2.05 bits per heavy atom. The predicted octanol–water partition coefficient (Wildman–Crippen LogP) is 6.54. The molecule has 0 bridgehead atoms. The summed E-state index contributed by atoms with van der Waals surface area (Å²) in [6.07, 6.45) is 1.08. The van der Waals surface area contributed by atoms with E-state index in [4.69, 9.17) is 14.2 Å². The van der Waals surface area contributed by atoms with Crippen LogP contribution in [0.1, 0.15) is 49.8 Å². The van der Waals surface area contributed by atoms with Crippen molar-refractivity contribution in [1.29, 1.82) is 0 Å². The topological polar surface area (TPSA) is 72.1 Å². The van der Waals surface area contributed by atoms with Gasteiger partial charge in [-0.3, -0.25) is 4.79 Å². The molecule has 1 aliphatic heterocycles. The second kappa shape index (κ2) is 11.3. The summed E-state index contributed by atoms with van der Waals surface area (Å²) in [5, 5.41) is 7.30. The number of fused-ring (bicyclic) bond motifs is 1. The molecule has 39 heavy (non-hydrogen) atoms. The SMILES string of the molecule is CCN(CC)c1ccc([C@@H]2Nc3ccccc3NC3=C2C(=O)C[C@H](c2cc(OC)c(OC)c(OC)c2)C3)cc1. The van der Waals surface area contributed by atoms with Gasteiger partial charge in [-0.2, -0.15) is 0 Å². The standard InChI is InChI=1S/C32H37N3O4/c1-6-35(7-2)23-14-12-20(13-15-23)31-30-26(33-24-10-8-9-11-25(24)34-31)16-21(17-27(30)36)22-18-28(37-3)32(39-5)29(19-22)38-4/h8-15,18-19,21,31,33-34H,6-7,16-17H2,1-5H3/t21-,31+/m1/s1. The number of nitrogens with zero attached hydrogens (tertiary/aromatic N) is 1. The molecule has 3 aromatic rings. The van der Waals surface area contributed by atoms with E-state index in [1.54, 1.807) is 21.3 Å². The number of nitrogens with one attached hydrogen (secondary N) is 2. The highest BCUT2D eigenvalue weighted by Crippen LogP contribution is 2.47. The maximum atomic E-state index is 14.0. The van der Waals surface area contributed by atoms with Gasteiger partial charge in [0, 0.05) is 36.5 Å². The third-order valence-electron chi connectivity index (χ3n) is 7.82. The molecule has 7 nitrogen and oxygen atoms in total. The van der Waals surface area contributed by atoms with Gasteiger partial charge in [0.2, 0.25) is 5.75 Å². The van der Waals surface area contributed by atoms with Crippen molar-refractivity contribution in [2.45, 2.75) is 38.6 Å². The molecule has 2 aliphatic rings. The molecular formula is C32H37N3O4. The van der Waals surface area contributed by atoms with Crippen LogP contribution < -0.4 is 29.7 Å². The first-order valence-electron chi connectivity index (χ1n) is 13.5. The van der Waals surface area contributed by atoms with Gasteiger partial charge in [-0.25, -0.2) is 0 Å². The number of ether oxygens (including phenoxy) is 3. The van der Waals surface area contributed by atoms with E-state index >= 15 is 0 Å². The molecule has 0 fully saturated rings. The third-order valence-corrected chi connectivity index (χ3v) is 7.82. The number of benzene rings is 3. The number of Topliss-reactive ketones (excluding diaryl/α,β-unsaturated/α-hetero) is 1. The number of allylic oxidation sites excluding steroid dienone is 1. The maximum absolute atomic E-state index is 14.0. The number of carbonyl (C=O) groups excluding carboxylic acids is 1. The van der Waals surface area contributed by atoms with Gasteiger partial charge in [-0.05, 0) is 73.7 Å².